The lowest BCUT2D eigenvalue weighted by Crippen LogP contribution is -2.12. The van der Waals surface area contributed by atoms with Crippen molar-refractivity contribution in [3.8, 4) is 0 Å². The molecule has 0 saturated heterocycles. The number of nitrogens with zero attached hydrogens (tertiary/aromatic N) is 4. The number of aromatic nitrogens is 4. The van der Waals surface area contributed by atoms with Crippen molar-refractivity contribution < 1.29 is 5.21 Å². The summed E-state index contributed by atoms with van der Waals surface area (Å²) in [6, 6.07) is 7.50. The monoisotopic (exact) mass is 300 g/mol. The van der Waals surface area contributed by atoms with Gasteiger partial charge in [-0.15, -0.1) is 0 Å². The molecule has 1 aromatic carbocycles. The first-order valence-corrected chi connectivity index (χ1v) is 7.10. The van der Waals surface area contributed by atoms with Crippen molar-refractivity contribution in [3.63, 3.8) is 0 Å². The van der Waals surface area contributed by atoms with E-state index < -0.39 is 0 Å². The summed E-state index contributed by atoms with van der Waals surface area (Å²) in [7, 11) is 0. The van der Waals surface area contributed by atoms with E-state index in [0.29, 0.717) is 11.2 Å². The molecular weight excluding hydrogens is 288 g/mol. The van der Waals surface area contributed by atoms with Crippen LogP contribution >= 0.6 is 11.8 Å². The molecule has 0 bridgehead atoms. The highest BCUT2D eigenvalue weighted by Gasteiger charge is 2.07. The molecule has 2 aromatic heterocycles. The number of benzene rings is 1. The lowest BCUT2D eigenvalue weighted by Gasteiger charge is -2.03. The first-order chi connectivity index (χ1) is 10.3. The Morgan fingerprint density at radius 3 is 2.81 bits per heavy atom. The van der Waals surface area contributed by atoms with Gasteiger partial charge >= 0.3 is 0 Å². The second-order valence-corrected chi connectivity index (χ2v) is 5.21. The van der Waals surface area contributed by atoms with Crippen LogP contribution in [-0.4, -0.2) is 31.0 Å². The third kappa shape index (κ3) is 2.79. The molecule has 0 radical (unpaired) electrons. The second kappa shape index (κ2) is 5.80. The van der Waals surface area contributed by atoms with Crippen LogP contribution in [0.1, 0.15) is 11.1 Å². The second-order valence-electron chi connectivity index (χ2n) is 4.25. The summed E-state index contributed by atoms with van der Waals surface area (Å²) >= 11 is 1.59. The number of rotatable bonds is 4. The summed E-state index contributed by atoms with van der Waals surface area (Å²) in [4.78, 5) is 15.5. The molecule has 8 heteroatoms. The zero-order valence-corrected chi connectivity index (χ0v) is 11.7. The predicted molar refractivity (Wildman–Crippen MR) is 80.2 cm³/mol. The Morgan fingerprint density at radius 1 is 1.24 bits per heavy atom. The highest BCUT2D eigenvalue weighted by molar-refractivity contribution is 7.98. The van der Waals surface area contributed by atoms with Crippen LogP contribution in [0.15, 0.2) is 47.1 Å². The van der Waals surface area contributed by atoms with Gasteiger partial charge in [0.1, 0.15) is 16.9 Å². The lowest BCUT2D eigenvalue weighted by atomic mass is 10.1. The number of aromatic amines is 1. The minimum atomic E-state index is 0.101. The number of imidazole rings is 1. The molecule has 3 rings (SSSR count). The van der Waals surface area contributed by atoms with Gasteiger partial charge in [0.05, 0.1) is 6.33 Å². The van der Waals surface area contributed by atoms with E-state index in [1.54, 1.807) is 18.1 Å². The highest BCUT2D eigenvalue weighted by Crippen LogP contribution is 2.25. The fourth-order valence-electron chi connectivity index (χ4n) is 1.83. The van der Waals surface area contributed by atoms with Crippen molar-refractivity contribution in [2.45, 2.75) is 10.8 Å². The van der Waals surface area contributed by atoms with Gasteiger partial charge in [0.15, 0.2) is 11.5 Å². The molecule has 0 aliphatic carbocycles. The van der Waals surface area contributed by atoms with E-state index >= 15 is 0 Å². The third-order valence-corrected chi connectivity index (χ3v) is 3.98. The largest absolute Gasteiger partial charge is 0.409 e. The maximum Gasteiger partial charge on any atom is 0.181 e. The summed E-state index contributed by atoms with van der Waals surface area (Å²) in [5.74, 6) is 0.853. The fraction of sp³-hybridized carbons (Fsp3) is 0.0769. The zero-order valence-electron chi connectivity index (χ0n) is 10.9. The summed E-state index contributed by atoms with van der Waals surface area (Å²) in [5.41, 5.74) is 8.83. The molecule has 7 nitrogen and oxygen atoms in total. The summed E-state index contributed by atoms with van der Waals surface area (Å²) in [6.45, 7) is 0. The van der Waals surface area contributed by atoms with E-state index in [-0.39, 0.29) is 5.84 Å². The number of hydrogen-bond acceptors (Lipinski definition) is 6. The third-order valence-electron chi connectivity index (χ3n) is 2.92. The van der Waals surface area contributed by atoms with Crippen molar-refractivity contribution in [1.82, 2.24) is 19.9 Å². The van der Waals surface area contributed by atoms with Crippen LogP contribution in [0, 0.1) is 0 Å². The molecule has 0 amide bonds. The van der Waals surface area contributed by atoms with Gasteiger partial charge in [0.25, 0.3) is 0 Å². The minimum Gasteiger partial charge on any atom is -0.409 e. The van der Waals surface area contributed by atoms with Gasteiger partial charge in [-0.3, -0.25) is 0 Å². The van der Waals surface area contributed by atoms with Gasteiger partial charge < -0.3 is 15.9 Å². The van der Waals surface area contributed by atoms with Crippen molar-refractivity contribution in [2.24, 2.45) is 10.9 Å². The molecule has 0 atom stereocenters. The molecule has 0 spiro atoms. The Labute approximate surface area is 124 Å². The molecule has 3 aromatic rings. The molecule has 4 N–H and O–H groups in total. The summed E-state index contributed by atoms with van der Waals surface area (Å²) in [6.07, 6.45) is 3.11. The molecular formula is C13H12N6OS. The molecule has 0 aliphatic heterocycles. The number of nitrogens with one attached hydrogen (secondary N) is 1. The molecule has 21 heavy (non-hydrogen) atoms. The smallest absolute Gasteiger partial charge is 0.181 e. The number of H-pyrrole nitrogens is 1. The Bertz CT molecular complexity index is 783. The van der Waals surface area contributed by atoms with Crippen molar-refractivity contribution in [1.29, 1.82) is 0 Å². The van der Waals surface area contributed by atoms with E-state index in [0.717, 1.165) is 21.9 Å². The van der Waals surface area contributed by atoms with Crippen LogP contribution in [0.2, 0.25) is 0 Å². The first kappa shape index (κ1) is 13.4. The fourth-order valence-corrected chi connectivity index (χ4v) is 2.75. The minimum absolute atomic E-state index is 0.101. The molecule has 106 valence electrons. The molecule has 0 unspecified atom stereocenters. The predicted octanol–water partition coefficient (Wildman–Crippen LogP) is 1.74. The summed E-state index contributed by atoms with van der Waals surface area (Å²) < 4.78 is 0. The van der Waals surface area contributed by atoms with Gasteiger partial charge in [0, 0.05) is 11.3 Å². The summed E-state index contributed by atoms with van der Waals surface area (Å²) in [5, 5.41) is 12.5. The number of hydrogen-bond donors (Lipinski definition) is 3. The maximum atomic E-state index is 8.63. The van der Waals surface area contributed by atoms with Crippen LogP contribution in [0.25, 0.3) is 11.2 Å². The quantitative estimate of drug-likeness (QED) is 0.169. The van der Waals surface area contributed by atoms with Gasteiger partial charge in [-0.2, -0.15) is 0 Å². The average Bonchev–Trinajstić information content (AvgIpc) is 3.02. The standard InChI is InChI=1S/C13H12N6OS/c14-11(19-20)9-3-1-8(2-4-9)5-21-13-10-12(16-6-15-10)17-7-18-13/h1-4,6-7,20H,5H2,(H2,14,19)(H,15,16,17,18). The van der Waals surface area contributed by atoms with Crippen molar-refractivity contribution >= 4 is 28.8 Å². The van der Waals surface area contributed by atoms with E-state index in [1.165, 1.54) is 6.33 Å². The highest BCUT2D eigenvalue weighted by atomic mass is 32.2. The molecule has 0 aliphatic rings. The van der Waals surface area contributed by atoms with Crippen LogP contribution in [0.5, 0.6) is 0 Å². The molecule has 0 saturated carbocycles. The van der Waals surface area contributed by atoms with Gasteiger partial charge in [-0.25, -0.2) is 15.0 Å². The Kier molecular flexibility index (Phi) is 3.69. The van der Waals surface area contributed by atoms with E-state index in [1.807, 2.05) is 24.3 Å². The Hall–Kier alpha value is -2.61. The van der Waals surface area contributed by atoms with Crippen LogP contribution in [0.4, 0.5) is 0 Å². The van der Waals surface area contributed by atoms with E-state index in [2.05, 4.69) is 25.1 Å². The Morgan fingerprint density at radius 2 is 2.05 bits per heavy atom. The average molecular weight is 300 g/mol. The van der Waals surface area contributed by atoms with Crippen LogP contribution in [0.3, 0.4) is 0 Å². The van der Waals surface area contributed by atoms with E-state index in [9.17, 15) is 0 Å². The molecule has 0 fully saturated rings. The number of oxime groups is 1. The Balaban J connectivity index is 1.74. The lowest BCUT2D eigenvalue weighted by molar-refractivity contribution is 0.318. The van der Waals surface area contributed by atoms with Gasteiger partial charge in [0.2, 0.25) is 0 Å². The van der Waals surface area contributed by atoms with Crippen molar-refractivity contribution in [2.75, 3.05) is 0 Å². The van der Waals surface area contributed by atoms with Gasteiger partial charge in [-0.1, -0.05) is 41.2 Å². The first-order valence-electron chi connectivity index (χ1n) is 6.11. The topological polar surface area (TPSA) is 113 Å². The number of nitrogens with two attached hydrogens (primary N) is 1. The molecule has 2 heterocycles. The van der Waals surface area contributed by atoms with Crippen molar-refractivity contribution in [3.05, 3.63) is 48.0 Å². The van der Waals surface area contributed by atoms with E-state index in [4.69, 9.17) is 10.9 Å². The number of fused-ring (bicyclic) bond motifs is 1. The maximum absolute atomic E-state index is 8.63. The van der Waals surface area contributed by atoms with Crippen LogP contribution < -0.4 is 5.73 Å². The zero-order chi connectivity index (χ0) is 14.7. The van der Waals surface area contributed by atoms with Crippen LogP contribution in [-0.2, 0) is 5.75 Å². The SMILES string of the molecule is NC(=NO)c1ccc(CSc2ncnc3nc[nH]c23)cc1. The van der Waals surface area contributed by atoms with Gasteiger partial charge in [-0.05, 0) is 5.56 Å². The normalized spacial score (nSPS) is 11.9. The number of amidine groups is 1. The number of thioether (sulfide) groups is 1.